The summed E-state index contributed by atoms with van der Waals surface area (Å²) in [5.74, 6) is 0.223. The molecule has 2 aromatic carbocycles. The lowest BCUT2D eigenvalue weighted by atomic mass is 10.0. The molecular formula is C17H15NO3. The van der Waals surface area contributed by atoms with E-state index in [-0.39, 0.29) is 5.75 Å². The first-order valence-corrected chi connectivity index (χ1v) is 6.69. The van der Waals surface area contributed by atoms with Crippen LogP contribution >= 0.6 is 0 Å². The lowest BCUT2D eigenvalue weighted by Gasteiger charge is -2.03. The molecule has 1 aromatic heterocycles. The Bertz CT molecular complexity index is 813. The van der Waals surface area contributed by atoms with Gasteiger partial charge in [0, 0.05) is 12.0 Å². The highest BCUT2D eigenvalue weighted by Crippen LogP contribution is 2.25. The molecule has 21 heavy (non-hydrogen) atoms. The zero-order valence-electron chi connectivity index (χ0n) is 11.6. The molecule has 0 saturated heterocycles. The highest BCUT2D eigenvalue weighted by Gasteiger charge is 2.13. The summed E-state index contributed by atoms with van der Waals surface area (Å²) in [4.78, 5) is 14.2. The second kappa shape index (κ2) is 5.32. The zero-order valence-corrected chi connectivity index (χ0v) is 11.6. The number of aromatic nitrogens is 1. The van der Waals surface area contributed by atoms with Gasteiger partial charge in [0.1, 0.15) is 11.5 Å². The number of phenols is 1. The van der Waals surface area contributed by atoms with E-state index in [1.807, 2.05) is 37.3 Å². The van der Waals surface area contributed by atoms with Crippen LogP contribution in [-0.4, -0.2) is 10.1 Å². The first-order valence-electron chi connectivity index (χ1n) is 6.69. The third-order valence-corrected chi connectivity index (χ3v) is 3.34. The van der Waals surface area contributed by atoms with Gasteiger partial charge in [-0.3, -0.25) is 4.98 Å². The van der Waals surface area contributed by atoms with Gasteiger partial charge in [-0.1, -0.05) is 42.0 Å². The minimum Gasteiger partial charge on any atom is -0.508 e. The van der Waals surface area contributed by atoms with Crippen molar-refractivity contribution in [2.75, 3.05) is 0 Å². The number of oxazole rings is 1. The molecule has 0 amide bonds. The average molecular weight is 281 g/mol. The highest BCUT2D eigenvalue weighted by molar-refractivity contribution is 5.63. The Morgan fingerprint density at radius 2 is 1.90 bits per heavy atom. The molecule has 0 aliphatic carbocycles. The van der Waals surface area contributed by atoms with Crippen molar-refractivity contribution < 1.29 is 9.52 Å². The molecule has 2 N–H and O–H groups in total. The predicted molar refractivity (Wildman–Crippen MR) is 80.4 cm³/mol. The van der Waals surface area contributed by atoms with E-state index >= 15 is 0 Å². The number of benzene rings is 2. The van der Waals surface area contributed by atoms with Crippen molar-refractivity contribution in [2.24, 2.45) is 0 Å². The molecule has 4 heteroatoms. The van der Waals surface area contributed by atoms with Crippen LogP contribution < -0.4 is 5.76 Å². The molecule has 0 bridgehead atoms. The molecule has 1 heterocycles. The number of hydrogen-bond donors (Lipinski definition) is 2. The van der Waals surface area contributed by atoms with Crippen LogP contribution in [0.4, 0.5) is 0 Å². The van der Waals surface area contributed by atoms with Gasteiger partial charge in [-0.05, 0) is 24.6 Å². The van der Waals surface area contributed by atoms with E-state index < -0.39 is 5.76 Å². The molecular weight excluding hydrogens is 266 g/mol. The number of nitrogens with one attached hydrogen (secondary N) is 1. The topological polar surface area (TPSA) is 66.2 Å². The number of H-pyrrole nitrogens is 1. The van der Waals surface area contributed by atoms with E-state index in [9.17, 15) is 9.90 Å². The molecule has 0 radical (unpaired) electrons. The van der Waals surface area contributed by atoms with Crippen molar-refractivity contribution in [3.05, 3.63) is 76.0 Å². The number of rotatable bonds is 3. The van der Waals surface area contributed by atoms with Gasteiger partial charge in [-0.25, -0.2) is 4.79 Å². The van der Waals surface area contributed by atoms with Crippen molar-refractivity contribution in [3.63, 3.8) is 0 Å². The second-order valence-electron chi connectivity index (χ2n) is 5.03. The molecule has 3 rings (SSSR count). The molecule has 0 aliphatic heterocycles. The minimum absolute atomic E-state index is 0.149. The normalized spacial score (nSPS) is 10.7. The first-order chi connectivity index (χ1) is 10.1. The van der Waals surface area contributed by atoms with E-state index in [1.165, 1.54) is 5.56 Å². The van der Waals surface area contributed by atoms with Crippen LogP contribution in [0.25, 0.3) is 11.3 Å². The Kier molecular flexibility index (Phi) is 3.36. The summed E-state index contributed by atoms with van der Waals surface area (Å²) in [6, 6.07) is 14.8. The van der Waals surface area contributed by atoms with Gasteiger partial charge in [0.05, 0.1) is 5.69 Å². The van der Waals surface area contributed by atoms with Gasteiger partial charge in [-0.2, -0.15) is 0 Å². The Labute approximate surface area is 121 Å². The van der Waals surface area contributed by atoms with Crippen molar-refractivity contribution in [1.82, 2.24) is 4.98 Å². The lowest BCUT2D eigenvalue weighted by molar-refractivity contribution is 0.475. The van der Waals surface area contributed by atoms with E-state index in [4.69, 9.17) is 4.42 Å². The van der Waals surface area contributed by atoms with Gasteiger partial charge in [-0.15, -0.1) is 0 Å². The Hall–Kier alpha value is -2.75. The molecule has 106 valence electrons. The second-order valence-corrected chi connectivity index (χ2v) is 5.03. The Morgan fingerprint density at radius 1 is 1.14 bits per heavy atom. The fourth-order valence-corrected chi connectivity index (χ4v) is 2.27. The standard InChI is InChI=1S/C17H15NO3/c1-11-5-7-12(8-6-11)9-15-16(18-17(20)21-15)13-3-2-4-14(19)10-13/h2-8,10,19H,9H2,1H3,(H,18,20). The van der Waals surface area contributed by atoms with Gasteiger partial charge in [0.25, 0.3) is 0 Å². The lowest BCUT2D eigenvalue weighted by Crippen LogP contribution is -1.94. The van der Waals surface area contributed by atoms with Crippen LogP contribution in [-0.2, 0) is 6.42 Å². The molecule has 0 atom stereocenters. The maximum absolute atomic E-state index is 11.5. The summed E-state index contributed by atoms with van der Waals surface area (Å²) >= 11 is 0. The fourth-order valence-electron chi connectivity index (χ4n) is 2.27. The molecule has 0 unspecified atom stereocenters. The van der Waals surface area contributed by atoms with Crippen LogP contribution in [0.2, 0.25) is 0 Å². The maximum Gasteiger partial charge on any atom is 0.416 e. The van der Waals surface area contributed by atoms with Crippen molar-refractivity contribution in [3.8, 4) is 17.0 Å². The summed E-state index contributed by atoms with van der Waals surface area (Å²) < 4.78 is 5.25. The fraction of sp³-hybridized carbons (Fsp3) is 0.118. The zero-order chi connectivity index (χ0) is 14.8. The third kappa shape index (κ3) is 2.89. The van der Waals surface area contributed by atoms with Crippen LogP contribution in [0.5, 0.6) is 5.75 Å². The monoisotopic (exact) mass is 281 g/mol. The smallest absolute Gasteiger partial charge is 0.416 e. The summed E-state index contributed by atoms with van der Waals surface area (Å²) in [6.45, 7) is 2.03. The summed E-state index contributed by atoms with van der Waals surface area (Å²) in [6.07, 6.45) is 0.518. The highest BCUT2D eigenvalue weighted by atomic mass is 16.4. The van der Waals surface area contributed by atoms with E-state index in [1.54, 1.807) is 18.2 Å². The Morgan fingerprint density at radius 3 is 2.62 bits per heavy atom. The minimum atomic E-state index is -0.490. The molecule has 0 aliphatic rings. The van der Waals surface area contributed by atoms with Crippen molar-refractivity contribution >= 4 is 0 Å². The van der Waals surface area contributed by atoms with Crippen LogP contribution in [0.1, 0.15) is 16.9 Å². The van der Waals surface area contributed by atoms with Gasteiger partial charge in [0.2, 0.25) is 0 Å². The largest absolute Gasteiger partial charge is 0.508 e. The summed E-state index contributed by atoms with van der Waals surface area (Å²) in [7, 11) is 0. The number of hydrogen-bond acceptors (Lipinski definition) is 3. The third-order valence-electron chi connectivity index (χ3n) is 3.34. The number of phenolic OH excluding ortho intramolecular Hbond substituents is 1. The number of aromatic hydroxyl groups is 1. The molecule has 4 nitrogen and oxygen atoms in total. The molecule has 3 aromatic rings. The maximum atomic E-state index is 11.5. The SMILES string of the molecule is Cc1ccc(Cc2oc(=O)[nH]c2-c2cccc(O)c2)cc1. The van der Waals surface area contributed by atoms with E-state index in [0.29, 0.717) is 17.9 Å². The van der Waals surface area contributed by atoms with Gasteiger partial charge >= 0.3 is 5.76 Å². The van der Waals surface area contributed by atoms with E-state index in [0.717, 1.165) is 11.1 Å². The number of aromatic amines is 1. The van der Waals surface area contributed by atoms with Gasteiger partial charge < -0.3 is 9.52 Å². The molecule has 0 fully saturated rings. The van der Waals surface area contributed by atoms with E-state index in [2.05, 4.69) is 4.98 Å². The Balaban J connectivity index is 2.00. The molecule has 0 saturated carbocycles. The first kappa shape index (κ1) is 13.2. The van der Waals surface area contributed by atoms with Crippen LogP contribution in [0.15, 0.2) is 57.7 Å². The van der Waals surface area contributed by atoms with Crippen molar-refractivity contribution in [2.45, 2.75) is 13.3 Å². The predicted octanol–water partition coefficient (Wildman–Crippen LogP) is 3.24. The summed E-state index contributed by atoms with van der Waals surface area (Å²) in [5.41, 5.74) is 3.58. The van der Waals surface area contributed by atoms with Crippen LogP contribution in [0, 0.1) is 6.92 Å². The molecule has 0 spiro atoms. The average Bonchev–Trinajstić information content (AvgIpc) is 2.82. The quantitative estimate of drug-likeness (QED) is 0.774. The van der Waals surface area contributed by atoms with Crippen molar-refractivity contribution in [1.29, 1.82) is 0 Å². The number of aryl methyl sites for hydroxylation is 1. The summed E-state index contributed by atoms with van der Waals surface area (Å²) in [5, 5.41) is 9.57. The van der Waals surface area contributed by atoms with Crippen LogP contribution in [0.3, 0.4) is 0 Å². The van der Waals surface area contributed by atoms with Gasteiger partial charge in [0.15, 0.2) is 0 Å².